The zero-order chi connectivity index (χ0) is 10.0. The number of hydrogen-bond acceptors (Lipinski definition) is 3. The van der Waals surface area contributed by atoms with E-state index in [2.05, 4.69) is 0 Å². The first kappa shape index (κ1) is 14.7. The van der Waals surface area contributed by atoms with Crippen LogP contribution in [0.15, 0.2) is 11.6 Å². The Morgan fingerprint density at radius 2 is 1.93 bits per heavy atom. The summed E-state index contributed by atoms with van der Waals surface area (Å²) in [5.74, 6) is 0. The predicted molar refractivity (Wildman–Crippen MR) is 50.1 cm³/mol. The van der Waals surface area contributed by atoms with E-state index in [9.17, 15) is 10.2 Å². The van der Waals surface area contributed by atoms with Crippen LogP contribution in [-0.4, -0.2) is 34.6 Å². The molecule has 14 heavy (non-hydrogen) atoms. The van der Waals surface area contributed by atoms with Crippen LogP contribution in [0.1, 0.15) is 20.8 Å². The third-order valence-corrected chi connectivity index (χ3v) is 2.02. The molecule has 79 valence electrons. The van der Waals surface area contributed by atoms with Crippen molar-refractivity contribution in [3.05, 3.63) is 18.1 Å². The molecule has 1 aliphatic heterocycles. The van der Waals surface area contributed by atoms with E-state index in [1.807, 2.05) is 26.8 Å². The molecule has 0 spiro atoms. The maximum atomic E-state index is 9.55. The summed E-state index contributed by atoms with van der Waals surface area (Å²) in [7, 11) is 0. The first-order valence-corrected chi connectivity index (χ1v) is 4.52. The smallest absolute Gasteiger partial charge is 0.0983 e. The SMILES string of the molecule is CC(C)=C[C@H]1OC(C)[CH-][C@@H](O)[C@H]1O.[Y]. The van der Waals surface area contributed by atoms with Crippen LogP contribution in [0.5, 0.6) is 0 Å². The van der Waals surface area contributed by atoms with Gasteiger partial charge >= 0.3 is 0 Å². The average Bonchev–Trinajstić information content (AvgIpc) is 1.98. The number of rotatable bonds is 1. The molecule has 1 unspecified atom stereocenters. The van der Waals surface area contributed by atoms with Crippen LogP contribution in [-0.2, 0) is 37.4 Å². The molecule has 4 heteroatoms. The van der Waals surface area contributed by atoms with E-state index in [4.69, 9.17) is 4.74 Å². The minimum absolute atomic E-state index is 0. The second-order valence-electron chi connectivity index (χ2n) is 3.72. The van der Waals surface area contributed by atoms with E-state index < -0.39 is 12.2 Å². The van der Waals surface area contributed by atoms with Crippen LogP contribution in [0.4, 0.5) is 0 Å². The van der Waals surface area contributed by atoms with Crippen molar-refractivity contribution in [2.45, 2.75) is 45.2 Å². The molecule has 1 radical (unpaired) electrons. The van der Waals surface area contributed by atoms with Crippen molar-refractivity contribution in [3.8, 4) is 0 Å². The zero-order valence-corrected chi connectivity index (χ0v) is 11.7. The van der Waals surface area contributed by atoms with Gasteiger partial charge in [0.1, 0.15) is 0 Å². The molecule has 1 fully saturated rings. The Morgan fingerprint density at radius 1 is 1.36 bits per heavy atom. The summed E-state index contributed by atoms with van der Waals surface area (Å²) < 4.78 is 5.44. The number of allylic oxidation sites excluding steroid dienone is 1. The van der Waals surface area contributed by atoms with Crippen LogP contribution >= 0.6 is 0 Å². The predicted octanol–water partition coefficient (Wildman–Crippen LogP) is 0.663. The molecule has 1 heterocycles. The van der Waals surface area contributed by atoms with Gasteiger partial charge in [0.15, 0.2) is 0 Å². The monoisotopic (exact) mass is 274 g/mol. The van der Waals surface area contributed by atoms with Gasteiger partial charge < -0.3 is 14.9 Å². The number of aliphatic hydroxyl groups excluding tert-OH is 2. The molecular weight excluding hydrogens is 257 g/mol. The summed E-state index contributed by atoms with van der Waals surface area (Å²) in [5.41, 5.74) is 1.07. The van der Waals surface area contributed by atoms with Gasteiger partial charge in [-0.3, -0.25) is 6.42 Å². The molecule has 1 aliphatic rings. The summed E-state index contributed by atoms with van der Waals surface area (Å²) in [6.07, 6.45) is 1.30. The number of aliphatic hydroxyl groups is 2. The van der Waals surface area contributed by atoms with Crippen molar-refractivity contribution >= 4 is 0 Å². The molecule has 0 saturated carbocycles. The van der Waals surface area contributed by atoms with Crippen molar-refractivity contribution in [1.82, 2.24) is 0 Å². The van der Waals surface area contributed by atoms with Crippen LogP contribution in [0.25, 0.3) is 0 Å². The Kier molecular flexibility index (Phi) is 6.67. The fourth-order valence-corrected chi connectivity index (χ4v) is 1.43. The molecule has 2 N–H and O–H groups in total. The van der Waals surface area contributed by atoms with Crippen molar-refractivity contribution in [2.75, 3.05) is 0 Å². The standard InChI is InChI=1S/C10H17O3.Y/c1-6(2)4-9-10(12)8(11)5-7(3)13-9;/h4-5,7-12H,1-3H3;/q-1;/t7?,8-,9-,10-;/m1./s1. The van der Waals surface area contributed by atoms with E-state index in [1.165, 1.54) is 0 Å². The Balaban J connectivity index is 0.00000169. The van der Waals surface area contributed by atoms with Crippen molar-refractivity contribution < 1.29 is 47.7 Å². The molecule has 3 nitrogen and oxygen atoms in total. The van der Waals surface area contributed by atoms with E-state index in [-0.39, 0.29) is 44.9 Å². The van der Waals surface area contributed by atoms with Gasteiger partial charge in [0.05, 0.1) is 12.2 Å². The number of ether oxygens (including phenoxy) is 1. The summed E-state index contributed by atoms with van der Waals surface area (Å²) in [6.45, 7) is 5.72. The second-order valence-corrected chi connectivity index (χ2v) is 3.72. The van der Waals surface area contributed by atoms with Crippen molar-refractivity contribution in [3.63, 3.8) is 0 Å². The van der Waals surface area contributed by atoms with Gasteiger partial charge in [0, 0.05) is 32.7 Å². The first-order valence-electron chi connectivity index (χ1n) is 4.52. The van der Waals surface area contributed by atoms with Crippen LogP contribution in [0.2, 0.25) is 0 Å². The average molecular weight is 274 g/mol. The van der Waals surface area contributed by atoms with Gasteiger partial charge in [0.2, 0.25) is 0 Å². The third kappa shape index (κ3) is 4.07. The Labute approximate surface area is 110 Å². The quantitative estimate of drug-likeness (QED) is 0.545. The third-order valence-electron chi connectivity index (χ3n) is 2.02. The Hall–Kier alpha value is 0.724. The first-order chi connectivity index (χ1) is 6.00. The molecule has 1 saturated heterocycles. The van der Waals surface area contributed by atoms with E-state index in [0.717, 1.165) is 5.57 Å². The molecule has 0 aromatic carbocycles. The fourth-order valence-electron chi connectivity index (χ4n) is 1.43. The van der Waals surface area contributed by atoms with Crippen LogP contribution in [0.3, 0.4) is 0 Å². The molecule has 0 aromatic heterocycles. The van der Waals surface area contributed by atoms with Crippen LogP contribution < -0.4 is 0 Å². The Bertz CT molecular complexity index is 202. The van der Waals surface area contributed by atoms with Gasteiger partial charge in [0.25, 0.3) is 0 Å². The van der Waals surface area contributed by atoms with Crippen LogP contribution in [0, 0.1) is 6.42 Å². The molecule has 0 amide bonds. The minimum Gasteiger partial charge on any atom is -0.422 e. The van der Waals surface area contributed by atoms with Crippen molar-refractivity contribution in [2.24, 2.45) is 0 Å². The van der Waals surface area contributed by atoms with E-state index >= 15 is 0 Å². The summed E-state index contributed by atoms with van der Waals surface area (Å²) in [6, 6.07) is 0. The molecule has 0 aromatic rings. The normalized spacial score (nSPS) is 37.2. The second kappa shape index (κ2) is 6.34. The van der Waals surface area contributed by atoms with Gasteiger partial charge in [-0.25, -0.2) is 0 Å². The van der Waals surface area contributed by atoms with E-state index in [1.54, 1.807) is 6.42 Å². The van der Waals surface area contributed by atoms with Gasteiger partial charge in [-0.05, 0) is 20.0 Å². The fraction of sp³-hybridized carbons (Fsp3) is 0.700. The molecule has 4 atom stereocenters. The van der Waals surface area contributed by atoms with Gasteiger partial charge in [-0.15, -0.1) is 0 Å². The summed E-state index contributed by atoms with van der Waals surface area (Å²) in [5, 5.41) is 19.0. The molecular formula is C10H17O3Y-. The summed E-state index contributed by atoms with van der Waals surface area (Å²) >= 11 is 0. The summed E-state index contributed by atoms with van der Waals surface area (Å²) in [4.78, 5) is 0. The molecule has 0 aliphatic carbocycles. The molecule has 1 rings (SSSR count). The molecule has 0 bridgehead atoms. The largest absolute Gasteiger partial charge is 0.422 e. The topological polar surface area (TPSA) is 49.7 Å². The van der Waals surface area contributed by atoms with Gasteiger partial charge in [-0.2, -0.15) is 0 Å². The van der Waals surface area contributed by atoms with Crippen molar-refractivity contribution in [1.29, 1.82) is 0 Å². The Morgan fingerprint density at radius 3 is 2.43 bits per heavy atom. The maximum Gasteiger partial charge on any atom is 0.0983 e. The van der Waals surface area contributed by atoms with E-state index in [0.29, 0.717) is 0 Å². The minimum atomic E-state index is -0.842. The number of hydrogen-bond donors (Lipinski definition) is 2. The maximum absolute atomic E-state index is 9.55. The zero-order valence-electron chi connectivity index (χ0n) is 8.84. The van der Waals surface area contributed by atoms with Gasteiger partial charge in [-0.1, -0.05) is 24.7 Å².